The second-order valence-corrected chi connectivity index (χ2v) is 6.48. The first kappa shape index (κ1) is 12.2. The summed E-state index contributed by atoms with van der Waals surface area (Å²) in [5.74, 6) is 0.963. The van der Waals surface area contributed by atoms with Crippen LogP contribution in [0.15, 0.2) is 16.7 Å². The zero-order valence-corrected chi connectivity index (χ0v) is 12.1. The van der Waals surface area contributed by atoms with Crippen LogP contribution in [0.25, 0.3) is 0 Å². The van der Waals surface area contributed by atoms with E-state index in [4.69, 9.17) is 11.6 Å². The summed E-state index contributed by atoms with van der Waals surface area (Å²) in [4.78, 5) is 4.39. The van der Waals surface area contributed by atoms with Crippen LogP contribution in [0.3, 0.4) is 0 Å². The van der Waals surface area contributed by atoms with Crippen LogP contribution in [0, 0.1) is 12.3 Å². The fourth-order valence-corrected chi connectivity index (χ4v) is 2.75. The van der Waals surface area contributed by atoms with Gasteiger partial charge in [-0.1, -0.05) is 13.8 Å². The lowest BCUT2D eigenvalue weighted by Crippen LogP contribution is -2.54. The summed E-state index contributed by atoms with van der Waals surface area (Å²) in [6.07, 6.45) is 2.82. The molecule has 2 nitrogen and oxygen atoms in total. The minimum Gasteiger partial charge on any atom is -0.366 e. The number of nitrogens with zero attached hydrogens (tertiary/aromatic N) is 1. The maximum absolute atomic E-state index is 6.20. The predicted molar refractivity (Wildman–Crippen MR) is 72.1 cm³/mol. The third-order valence-electron chi connectivity index (χ3n) is 3.50. The molecule has 4 heteroatoms. The van der Waals surface area contributed by atoms with Crippen LogP contribution < -0.4 is 5.32 Å². The van der Waals surface area contributed by atoms with Gasteiger partial charge in [-0.2, -0.15) is 0 Å². The molecule has 0 radical (unpaired) electrons. The van der Waals surface area contributed by atoms with Crippen molar-refractivity contribution >= 4 is 33.3 Å². The molecule has 0 spiro atoms. The van der Waals surface area contributed by atoms with Crippen molar-refractivity contribution < 1.29 is 0 Å². The summed E-state index contributed by atoms with van der Waals surface area (Å²) in [6.45, 7) is 6.45. The Balaban J connectivity index is 2.11. The second kappa shape index (κ2) is 4.19. The number of alkyl halides is 1. The van der Waals surface area contributed by atoms with Crippen molar-refractivity contribution in [2.24, 2.45) is 5.41 Å². The van der Waals surface area contributed by atoms with Gasteiger partial charge in [0.2, 0.25) is 0 Å². The average Bonchev–Trinajstić information content (AvgIpc) is 2.21. The largest absolute Gasteiger partial charge is 0.366 e. The quantitative estimate of drug-likeness (QED) is 0.836. The summed E-state index contributed by atoms with van der Waals surface area (Å²) in [5.41, 5.74) is 1.30. The Morgan fingerprint density at radius 2 is 2.25 bits per heavy atom. The first-order valence-electron chi connectivity index (χ1n) is 5.44. The number of rotatable bonds is 2. The van der Waals surface area contributed by atoms with E-state index in [0.29, 0.717) is 6.04 Å². The number of hydrogen-bond acceptors (Lipinski definition) is 2. The normalized spacial score (nSPS) is 27.3. The summed E-state index contributed by atoms with van der Waals surface area (Å²) in [6, 6.07) is 2.49. The molecule has 0 aromatic carbocycles. The van der Waals surface area contributed by atoms with Crippen LogP contribution in [0.2, 0.25) is 0 Å². The maximum atomic E-state index is 6.20. The molecule has 1 heterocycles. The number of anilines is 1. The molecule has 1 aliphatic carbocycles. The van der Waals surface area contributed by atoms with Crippen LogP contribution in [-0.2, 0) is 0 Å². The topological polar surface area (TPSA) is 24.9 Å². The Morgan fingerprint density at radius 1 is 1.56 bits per heavy atom. The second-order valence-electron chi connectivity index (χ2n) is 5.04. The van der Waals surface area contributed by atoms with E-state index in [1.807, 2.05) is 6.20 Å². The van der Waals surface area contributed by atoms with Crippen molar-refractivity contribution in [2.75, 3.05) is 5.32 Å². The summed E-state index contributed by atoms with van der Waals surface area (Å²) >= 11 is 9.61. The van der Waals surface area contributed by atoms with E-state index in [1.165, 1.54) is 0 Å². The number of hydrogen-bond donors (Lipinski definition) is 1. The summed E-state index contributed by atoms with van der Waals surface area (Å²) < 4.78 is 1.01. The van der Waals surface area contributed by atoms with Gasteiger partial charge in [-0.3, -0.25) is 0 Å². The Labute approximate surface area is 110 Å². The summed E-state index contributed by atoms with van der Waals surface area (Å²) in [7, 11) is 0. The highest BCUT2D eigenvalue weighted by Gasteiger charge is 2.47. The third-order valence-corrected chi connectivity index (χ3v) is 4.68. The third kappa shape index (κ3) is 2.07. The van der Waals surface area contributed by atoms with Gasteiger partial charge in [-0.05, 0) is 40.9 Å². The lowest BCUT2D eigenvalue weighted by Gasteiger charge is -2.49. The highest BCUT2D eigenvalue weighted by Crippen LogP contribution is 2.45. The number of nitrogens with one attached hydrogen (secondary N) is 1. The smallest absolute Gasteiger partial charge is 0.129 e. The molecule has 1 aliphatic rings. The summed E-state index contributed by atoms with van der Waals surface area (Å²) in [5, 5.41) is 3.74. The lowest BCUT2D eigenvalue weighted by molar-refractivity contribution is 0.168. The fraction of sp³-hybridized carbons (Fsp3) is 0.583. The van der Waals surface area contributed by atoms with E-state index in [1.54, 1.807) is 0 Å². The van der Waals surface area contributed by atoms with Gasteiger partial charge in [0.1, 0.15) is 5.82 Å². The van der Waals surface area contributed by atoms with E-state index in [0.717, 1.165) is 22.3 Å². The van der Waals surface area contributed by atoms with Gasteiger partial charge in [-0.15, -0.1) is 11.6 Å². The molecule has 2 unspecified atom stereocenters. The minimum atomic E-state index is 0.142. The minimum absolute atomic E-state index is 0.142. The van der Waals surface area contributed by atoms with Crippen molar-refractivity contribution in [1.29, 1.82) is 0 Å². The molecule has 0 aliphatic heterocycles. The number of halogens is 2. The van der Waals surface area contributed by atoms with Gasteiger partial charge in [0.25, 0.3) is 0 Å². The van der Waals surface area contributed by atoms with Gasteiger partial charge < -0.3 is 5.32 Å². The van der Waals surface area contributed by atoms with E-state index >= 15 is 0 Å². The van der Waals surface area contributed by atoms with Crippen LogP contribution in [0.4, 0.5) is 5.82 Å². The van der Waals surface area contributed by atoms with Crippen LogP contribution in [-0.4, -0.2) is 16.4 Å². The van der Waals surface area contributed by atoms with E-state index < -0.39 is 0 Å². The molecular weight excluding hydrogens is 288 g/mol. The molecule has 1 aromatic rings. The predicted octanol–water partition coefficient (Wildman–Crippen LogP) is 3.97. The van der Waals surface area contributed by atoms with Gasteiger partial charge in [0.15, 0.2) is 0 Å². The molecule has 2 rings (SSSR count). The van der Waals surface area contributed by atoms with Crippen molar-refractivity contribution in [3.63, 3.8) is 0 Å². The van der Waals surface area contributed by atoms with E-state index in [-0.39, 0.29) is 10.8 Å². The molecule has 1 saturated carbocycles. The number of aryl methyl sites for hydroxylation is 1. The monoisotopic (exact) mass is 302 g/mol. The number of aromatic nitrogens is 1. The molecule has 88 valence electrons. The number of pyridine rings is 1. The molecule has 2 atom stereocenters. The van der Waals surface area contributed by atoms with Gasteiger partial charge in [0, 0.05) is 27.5 Å². The highest BCUT2D eigenvalue weighted by atomic mass is 79.9. The molecular formula is C12H16BrClN2. The van der Waals surface area contributed by atoms with E-state index in [2.05, 4.69) is 53.1 Å². The Morgan fingerprint density at radius 3 is 2.75 bits per heavy atom. The zero-order valence-electron chi connectivity index (χ0n) is 9.72. The van der Waals surface area contributed by atoms with Gasteiger partial charge in [0.05, 0.1) is 0 Å². The van der Waals surface area contributed by atoms with Gasteiger partial charge in [-0.25, -0.2) is 4.98 Å². The van der Waals surface area contributed by atoms with Crippen LogP contribution >= 0.6 is 27.5 Å². The standard InChI is InChI=1S/C12H16BrClN2/c1-7-4-8(13)6-15-11(7)16-10-5-9(14)12(10,2)3/h4,6,9-10H,5H2,1-3H3,(H,15,16). The van der Waals surface area contributed by atoms with Crippen LogP contribution in [0.5, 0.6) is 0 Å². The van der Waals surface area contributed by atoms with E-state index in [9.17, 15) is 0 Å². The Kier molecular flexibility index (Phi) is 3.19. The molecule has 0 saturated heterocycles. The SMILES string of the molecule is Cc1cc(Br)cnc1NC1CC(Cl)C1(C)C. The molecule has 1 N–H and O–H groups in total. The van der Waals surface area contributed by atoms with Crippen molar-refractivity contribution in [3.05, 3.63) is 22.3 Å². The Hall–Kier alpha value is -0.280. The van der Waals surface area contributed by atoms with Crippen molar-refractivity contribution in [1.82, 2.24) is 4.98 Å². The molecule has 1 aromatic heterocycles. The molecule has 16 heavy (non-hydrogen) atoms. The average molecular weight is 304 g/mol. The van der Waals surface area contributed by atoms with Gasteiger partial charge >= 0.3 is 0 Å². The maximum Gasteiger partial charge on any atom is 0.129 e. The van der Waals surface area contributed by atoms with Crippen LogP contribution in [0.1, 0.15) is 25.8 Å². The fourth-order valence-electron chi connectivity index (χ4n) is 1.97. The zero-order chi connectivity index (χ0) is 11.9. The Bertz CT molecular complexity index is 406. The van der Waals surface area contributed by atoms with Crippen molar-refractivity contribution in [3.8, 4) is 0 Å². The molecule has 0 bridgehead atoms. The molecule has 0 amide bonds. The molecule has 1 fully saturated rings. The first-order valence-corrected chi connectivity index (χ1v) is 6.67. The lowest BCUT2D eigenvalue weighted by atomic mass is 9.67. The highest BCUT2D eigenvalue weighted by molar-refractivity contribution is 9.10. The first-order chi connectivity index (χ1) is 7.41. The van der Waals surface area contributed by atoms with Crippen molar-refractivity contribution in [2.45, 2.75) is 38.6 Å².